The third kappa shape index (κ3) is 4.55. The minimum Gasteiger partial charge on any atom is -0.406 e. The van der Waals surface area contributed by atoms with Crippen LogP contribution < -0.4 is 15.6 Å². The zero-order chi connectivity index (χ0) is 22.3. The molecule has 4 rings (SSSR count). The van der Waals surface area contributed by atoms with Gasteiger partial charge < -0.3 is 19.5 Å². The standard InChI is InChI=1S/C22H24F3N3O3/c1-13(2)26-21(30)27-10-14-9-16(12-27)19-8-7-18(20(29)28(19)11-14)15-3-5-17(6-4-15)31-22(23,24)25/h3-8,13-14,16H,9-12H2,1-2H3,(H,26,30)/t14-,16+/m0/s1. The summed E-state index contributed by atoms with van der Waals surface area (Å²) in [5.74, 6) is -0.0713. The Bertz CT molecular complexity index is 1030. The number of ether oxygens (including phenoxy) is 1. The minimum absolute atomic E-state index is 0.0552. The first kappa shape index (κ1) is 21.3. The second kappa shape index (κ2) is 7.94. The summed E-state index contributed by atoms with van der Waals surface area (Å²) in [6.07, 6.45) is -3.83. The van der Waals surface area contributed by atoms with Crippen molar-refractivity contribution in [2.24, 2.45) is 5.92 Å². The molecule has 0 saturated carbocycles. The van der Waals surface area contributed by atoms with E-state index in [4.69, 9.17) is 0 Å². The van der Waals surface area contributed by atoms with E-state index in [2.05, 4.69) is 10.1 Å². The molecule has 6 nitrogen and oxygen atoms in total. The molecule has 2 bridgehead atoms. The number of hydrogen-bond donors (Lipinski definition) is 1. The van der Waals surface area contributed by atoms with Gasteiger partial charge in [0.05, 0.1) is 0 Å². The number of carbonyl (C=O) groups is 1. The molecule has 0 radical (unpaired) electrons. The molecular formula is C22H24F3N3O3. The highest BCUT2D eigenvalue weighted by Gasteiger charge is 2.37. The number of likely N-dealkylation sites (tertiary alicyclic amines) is 1. The Morgan fingerprint density at radius 2 is 1.81 bits per heavy atom. The predicted molar refractivity (Wildman–Crippen MR) is 109 cm³/mol. The zero-order valence-corrected chi connectivity index (χ0v) is 17.3. The second-order valence-electron chi connectivity index (χ2n) is 8.47. The molecule has 1 aromatic heterocycles. The third-order valence-electron chi connectivity index (χ3n) is 5.70. The van der Waals surface area contributed by atoms with E-state index >= 15 is 0 Å². The van der Waals surface area contributed by atoms with Crippen LogP contribution in [0.1, 0.15) is 31.9 Å². The van der Waals surface area contributed by atoms with Crippen molar-refractivity contribution in [2.75, 3.05) is 13.1 Å². The number of halogens is 3. The van der Waals surface area contributed by atoms with Gasteiger partial charge in [0.25, 0.3) is 5.56 Å². The van der Waals surface area contributed by atoms with E-state index < -0.39 is 6.36 Å². The molecule has 31 heavy (non-hydrogen) atoms. The number of nitrogens with zero attached hydrogens (tertiary/aromatic N) is 2. The van der Waals surface area contributed by atoms with Gasteiger partial charge in [0.15, 0.2) is 0 Å². The molecule has 166 valence electrons. The number of urea groups is 1. The largest absolute Gasteiger partial charge is 0.573 e. The van der Waals surface area contributed by atoms with Crippen LogP contribution in [-0.4, -0.2) is 41.0 Å². The Balaban J connectivity index is 1.58. The van der Waals surface area contributed by atoms with Crippen molar-refractivity contribution in [3.63, 3.8) is 0 Å². The lowest BCUT2D eigenvalue weighted by Gasteiger charge is -2.43. The van der Waals surface area contributed by atoms with E-state index in [9.17, 15) is 22.8 Å². The van der Waals surface area contributed by atoms with Crippen molar-refractivity contribution < 1.29 is 22.7 Å². The number of aromatic nitrogens is 1. The quantitative estimate of drug-likeness (QED) is 0.794. The van der Waals surface area contributed by atoms with Crippen LogP contribution in [0, 0.1) is 5.92 Å². The maximum Gasteiger partial charge on any atom is 0.573 e. The van der Waals surface area contributed by atoms with Gasteiger partial charge in [0.1, 0.15) is 5.75 Å². The highest BCUT2D eigenvalue weighted by molar-refractivity contribution is 5.74. The van der Waals surface area contributed by atoms with Crippen molar-refractivity contribution in [1.29, 1.82) is 0 Å². The number of hydrogen-bond acceptors (Lipinski definition) is 3. The Morgan fingerprint density at radius 3 is 2.45 bits per heavy atom. The Labute approximate surface area is 177 Å². The molecular weight excluding hydrogens is 411 g/mol. The fourth-order valence-corrected chi connectivity index (χ4v) is 4.51. The average molecular weight is 435 g/mol. The van der Waals surface area contributed by atoms with Crippen LogP contribution in [-0.2, 0) is 6.54 Å². The number of rotatable bonds is 3. The van der Waals surface area contributed by atoms with Crippen LogP contribution in [0.4, 0.5) is 18.0 Å². The predicted octanol–water partition coefficient (Wildman–Crippen LogP) is 3.95. The molecule has 2 atom stereocenters. The summed E-state index contributed by atoms with van der Waals surface area (Å²) in [5, 5.41) is 2.92. The van der Waals surface area contributed by atoms with E-state index in [1.54, 1.807) is 10.6 Å². The molecule has 2 aromatic rings. The number of pyridine rings is 1. The summed E-state index contributed by atoms with van der Waals surface area (Å²) in [6, 6.07) is 8.87. The first-order valence-corrected chi connectivity index (χ1v) is 10.3. The summed E-state index contributed by atoms with van der Waals surface area (Å²) in [5.41, 5.74) is 1.68. The van der Waals surface area contributed by atoms with Gasteiger partial charge in [-0.15, -0.1) is 13.2 Å². The summed E-state index contributed by atoms with van der Waals surface area (Å²) in [6.45, 7) is 5.49. The summed E-state index contributed by atoms with van der Waals surface area (Å²) >= 11 is 0. The molecule has 9 heteroatoms. The lowest BCUT2D eigenvalue weighted by Crippen LogP contribution is -2.52. The van der Waals surface area contributed by atoms with Gasteiger partial charge in [-0.05, 0) is 56.0 Å². The second-order valence-corrected chi connectivity index (χ2v) is 8.47. The SMILES string of the molecule is CC(C)NC(=O)N1C[C@@H]2C[C@H](C1)c1ccc(-c3ccc(OC(F)(F)F)cc3)c(=O)n1C2. The van der Waals surface area contributed by atoms with Gasteiger partial charge in [-0.25, -0.2) is 4.79 Å². The number of carbonyl (C=O) groups excluding carboxylic acids is 1. The van der Waals surface area contributed by atoms with Gasteiger partial charge in [-0.2, -0.15) is 0 Å². The fraction of sp³-hybridized carbons (Fsp3) is 0.455. The normalized spacial score (nSPS) is 20.4. The molecule has 0 aliphatic carbocycles. The Kier molecular flexibility index (Phi) is 5.45. The smallest absolute Gasteiger partial charge is 0.406 e. The molecule has 3 heterocycles. The maximum atomic E-state index is 13.2. The molecule has 1 N–H and O–H groups in total. The summed E-state index contributed by atoms with van der Waals surface area (Å²) in [7, 11) is 0. The maximum absolute atomic E-state index is 13.2. The monoisotopic (exact) mass is 435 g/mol. The van der Waals surface area contributed by atoms with Gasteiger partial charge in [0, 0.05) is 42.9 Å². The van der Waals surface area contributed by atoms with Crippen molar-refractivity contribution in [3.8, 4) is 16.9 Å². The number of amides is 2. The third-order valence-corrected chi connectivity index (χ3v) is 5.70. The lowest BCUT2D eigenvalue weighted by molar-refractivity contribution is -0.274. The van der Waals surface area contributed by atoms with Crippen LogP contribution >= 0.6 is 0 Å². The number of benzene rings is 1. The average Bonchev–Trinajstić information content (AvgIpc) is 2.68. The van der Waals surface area contributed by atoms with Crippen LogP contribution in [0.15, 0.2) is 41.2 Å². The summed E-state index contributed by atoms with van der Waals surface area (Å²) in [4.78, 5) is 27.4. The number of piperidine rings is 1. The highest BCUT2D eigenvalue weighted by Crippen LogP contribution is 2.36. The molecule has 0 unspecified atom stereocenters. The van der Waals surface area contributed by atoms with Gasteiger partial charge in [0.2, 0.25) is 0 Å². The summed E-state index contributed by atoms with van der Waals surface area (Å²) < 4.78 is 42.7. The fourth-order valence-electron chi connectivity index (χ4n) is 4.51. The van der Waals surface area contributed by atoms with Crippen molar-refractivity contribution in [1.82, 2.24) is 14.8 Å². The van der Waals surface area contributed by atoms with Crippen LogP contribution in [0.5, 0.6) is 5.75 Å². The molecule has 1 saturated heterocycles. The zero-order valence-electron chi connectivity index (χ0n) is 17.3. The molecule has 1 fully saturated rings. The molecule has 2 aliphatic heterocycles. The molecule has 2 aliphatic rings. The lowest BCUT2D eigenvalue weighted by atomic mass is 9.83. The Hall–Kier alpha value is -2.97. The van der Waals surface area contributed by atoms with Crippen LogP contribution in [0.3, 0.4) is 0 Å². The van der Waals surface area contributed by atoms with Crippen LogP contribution in [0.25, 0.3) is 11.1 Å². The van der Waals surface area contributed by atoms with Crippen molar-refractivity contribution in [3.05, 3.63) is 52.4 Å². The van der Waals surface area contributed by atoms with E-state index in [0.29, 0.717) is 30.8 Å². The van der Waals surface area contributed by atoms with E-state index in [0.717, 1.165) is 12.1 Å². The van der Waals surface area contributed by atoms with Crippen LogP contribution in [0.2, 0.25) is 0 Å². The van der Waals surface area contributed by atoms with Gasteiger partial charge >= 0.3 is 12.4 Å². The topological polar surface area (TPSA) is 63.6 Å². The number of nitrogens with one attached hydrogen (secondary N) is 1. The van der Waals surface area contributed by atoms with Crippen molar-refractivity contribution in [2.45, 2.75) is 45.1 Å². The van der Waals surface area contributed by atoms with E-state index in [-0.39, 0.29) is 35.2 Å². The number of alkyl halides is 3. The molecule has 0 spiro atoms. The first-order valence-electron chi connectivity index (χ1n) is 10.3. The molecule has 1 aromatic carbocycles. The molecule has 2 amide bonds. The van der Waals surface area contributed by atoms with Gasteiger partial charge in [-0.3, -0.25) is 4.79 Å². The first-order chi connectivity index (χ1) is 14.6. The van der Waals surface area contributed by atoms with Crippen molar-refractivity contribution >= 4 is 6.03 Å². The minimum atomic E-state index is -4.76. The van der Waals surface area contributed by atoms with E-state index in [1.165, 1.54) is 24.3 Å². The van der Waals surface area contributed by atoms with E-state index in [1.807, 2.05) is 24.8 Å². The van der Waals surface area contributed by atoms with Gasteiger partial charge in [-0.1, -0.05) is 12.1 Å². The number of fused-ring (bicyclic) bond motifs is 4. The Morgan fingerprint density at radius 1 is 1.10 bits per heavy atom. The highest BCUT2D eigenvalue weighted by atomic mass is 19.4.